The van der Waals surface area contributed by atoms with Crippen LogP contribution in [-0.4, -0.2) is 24.3 Å². The van der Waals surface area contributed by atoms with Gasteiger partial charge in [-0.2, -0.15) is 0 Å². The van der Waals surface area contributed by atoms with E-state index in [1.165, 1.54) is 0 Å². The molecule has 2 N–H and O–H groups in total. The second kappa shape index (κ2) is 4.59. The highest BCUT2D eigenvalue weighted by Gasteiger charge is 2.22. The Morgan fingerprint density at radius 3 is 2.67 bits per heavy atom. The van der Waals surface area contributed by atoms with Crippen molar-refractivity contribution in [2.24, 2.45) is 5.73 Å². The Labute approximate surface area is 94.2 Å². The summed E-state index contributed by atoms with van der Waals surface area (Å²) in [4.78, 5) is 0.509. The van der Waals surface area contributed by atoms with Crippen molar-refractivity contribution in [2.75, 3.05) is 13.2 Å². The average Bonchev–Trinajstić information content (AvgIpc) is 2.99. The summed E-state index contributed by atoms with van der Waals surface area (Å²) in [6.45, 7) is 1.45. The van der Waals surface area contributed by atoms with Crippen LogP contribution in [-0.2, 0) is 11.2 Å². The Bertz CT molecular complexity index is 346. The maximum Gasteiger partial charge on any atom is 0.119 e. The van der Waals surface area contributed by atoms with Crippen LogP contribution < -0.4 is 10.5 Å². The van der Waals surface area contributed by atoms with Crippen molar-refractivity contribution in [3.05, 3.63) is 29.8 Å². The molecule has 0 aromatic heterocycles. The largest absolute Gasteiger partial charge is 0.491 e. The molecule has 1 fully saturated rings. The van der Waals surface area contributed by atoms with E-state index < -0.39 is 0 Å². The molecule has 4 heteroatoms. The van der Waals surface area contributed by atoms with Crippen LogP contribution in [0.5, 0.6) is 5.75 Å². The highest BCUT2D eigenvalue weighted by Crippen LogP contribution is 2.15. The number of nitrogens with two attached hydrogens (primary N) is 1. The first-order valence-corrected chi connectivity index (χ1v) is 5.26. The summed E-state index contributed by atoms with van der Waals surface area (Å²) in [5.74, 6) is 0.859. The smallest absolute Gasteiger partial charge is 0.119 e. The number of hydrogen-bond donors (Lipinski definition) is 1. The summed E-state index contributed by atoms with van der Waals surface area (Å²) < 4.78 is 10.5. The van der Waals surface area contributed by atoms with Gasteiger partial charge in [-0.05, 0) is 17.7 Å². The minimum atomic E-state index is 0.293. The molecular formula is C11H13NO2S. The molecule has 0 amide bonds. The maximum atomic E-state index is 5.50. The first-order chi connectivity index (χ1) is 7.24. The molecule has 0 bridgehead atoms. The standard InChI is InChI=1S/C11H13NO2S/c12-11(15)5-8-1-3-9(4-2-8)13-6-10-7-14-10/h1-4,10H,5-7H2,(H2,12,15). The van der Waals surface area contributed by atoms with Gasteiger partial charge in [-0.15, -0.1) is 0 Å². The van der Waals surface area contributed by atoms with E-state index in [0.29, 0.717) is 24.1 Å². The number of ether oxygens (including phenoxy) is 2. The van der Waals surface area contributed by atoms with Crippen molar-refractivity contribution in [3.63, 3.8) is 0 Å². The predicted molar refractivity (Wildman–Crippen MR) is 62.2 cm³/mol. The molecule has 3 nitrogen and oxygen atoms in total. The van der Waals surface area contributed by atoms with Crippen LogP contribution >= 0.6 is 12.2 Å². The molecule has 1 heterocycles. The van der Waals surface area contributed by atoms with E-state index in [-0.39, 0.29) is 0 Å². The Balaban J connectivity index is 1.87. The summed E-state index contributed by atoms with van der Waals surface area (Å²) in [5, 5.41) is 0. The fraction of sp³-hybridized carbons (Fsp3) is 0.364. The lowest BCUT2D eigenvalue weighted by Crippen LogP contribution is -2.11. The summed E-state index contributed by atoms with van der Waals surface area (Å²) in [5.41, 5.74) is 6.56. The third-order valence-electron chi connectivity index (χ3n) is 2.14. The van der Waals surface area contributed by atoms with E-state index in [1.54, 1.807) is 0 Å². The zero-order valence-electron chi connectivity index (χ0n) is 8.31. The number of rotatable bonds is 5. The summed E-state index contributed by atoms with van der Waals surface area (Å²) in [7, 11) is 0. The predicted octanol–water partition coefficient (Wildman–Crippen LogP) is 1.29. The number of epoxide rings is 1. The van der Waals surface area contributed by atoms with Crippen molar-refractivity contribution in [3.8, 4) is 5.75 Å². The van der Waals surface area contributed by atoms with Crippen LogP contribution in [0.15, 0.2) is 24.3 Å². The second-order valence-corrected chi connectivity index (χ2v) is 4.08. The van der Waals surface area contributed by atoms with Gasteiger partial charge < -0.3 is 15.2 Å². The highest BCUT2D eigenvalue weighted by molar-refractivity contribution is 7.80. The molecule has 80 valence electrons. The lowest BCUT2D eigenvalue weighted by molar-refractivity contribution is 0.263. The van der Waals surface area contributed by atoms with Crippen molar-refractivity contribution >= 4 is 17.2 Å². The number of benzene rings is 1. The normalized spacial score (nSPS) is 18.5. The first-order valence-electron chi connectivity index (χ1n) is 4.85. The molecule has 1 aromatic carbocycles. The molecule has 0 aliphatic carbocycles. The van der Waals surface area contributed by atoms with Gasteiger partial charge in [0, 0.05) is 6.42 Å². The van der Waals surface area contributed by atoms with Crippen molar-refractivity contribution in [1.82, 2.24) is 0 Å². The van der Waals surface area contributed by atoms with Gasteiger partial charge in [0.1, 0.15) is 18.5 Å². The summed E-state index contributed by atoms with van der Waals surface area (Å²) in [6, 6.07) is 7.80. The Hall–Kier alpha value is -1.13. The van der Waals surface area contributed by atoms with Gasteiger partial charge >= 0.3 is 0 Å². The number of thiocarbonyl (C=S) groups is 1. The van der Waals surface area contributed by atoms with Gasteiger partial charge in [-0.25, -0.2) is 0 Å². The Kier molecular flexibility index (Phi) is 3.18. The lowest BCUT2D eigenvalue weighted by Gasteiger charge is -2.05. The van der Waals surface area contributed by atoms with Crippen LogP contribution in [0.1, 0.15) is 5.56 Å². The third kappa shape index (κ3) is 3.49. The minimum Gasteiger partial charge on any atom is -0.491 e. The Morgan fingerprint density at radius 1 is 1.47 bits per heavy atom. The molecule has 15 heavy (non-hydrogen) atoms. The number of hydrogen-bond acceptors (Lipinski definition) is 3. The second-order valence-electron chi connectivity index (χ2n) is 3.55. The zero-order valence-corrected chi connectivity index (χ0v) is 9.13. The van der Waals surface area contributed by atoms with Crippen molar-refractivity contribution in [2.45, 2.75) is 12.5 Å². The Morgan fingerprint density at radius 2 is 2.13 bits per heavy atom. The SMILES string of the molecule is NC(=S)Cc1ccc(OCC2CO2)cc1. The third-order valence-corrected chi connectivity index (χ3v) is 2.28. The minimum absolute atomic E-state index is 0.293. The van der Waals surface area contributed by atoms with Crippen LogP contribution in [0.3, 0.4) is 0 Å². The van der Waals surface area contributed by atoms with Gasteiger partial charge in [-0.3, -0.25) is 0 Å². The van der Waals surface area contributed by atoms with Crippen LogP contribution in [0.2, 0.25) is 0 Å². The molecular weight excluding hydrogens is 210 g/mol. The average molecular weight is 223 g/mol. The highest BCUT2D eigenvalue weighted by atomic mass is 32.1. The molecule has 0 radical (unpaired) electrons. The monoisotopic (exact) mass is 223 g/mol. The van der Waals surface area contributed by atoms with Crippen LogP contribution in [0.4, 0.5) is 0 Å². The molecule has 1 aliphatic rings. The molecule has 1 aliphatic heterocycles. The van der Waals surface area contributed by atoms with Gasteiger partial charge in [0.2, 0.25) is 0 Å². The molecule has 0 saturated carbocycles. The van der Waals surface area contributed by atoms with E-state index in [1.807, 2.05) is 24.3 Å². The van der Waals surface area contributed by atoms with E-state index in [2.05, 4.69) is 0 Å². The molecule has 1 atom stereocenters. The topological polar surface area (TPSA) is 47.8 Å². The molecule has 1 saturated heterocycles. The van der Waals surface area contributed by atoms with Gasteiger partial charge in [-0.1, -0.05) is 24.4 Å². The van der Waals surface area contributed by atoms with E-state index in [0.717, 1.165) is 17.9 Å². The van der Waals surface area contributed by atoms with Crippen molar-refractivity contribution in [1.29, 1.82) is 0 Å². The zero-order chi connectivity index (χ0) is 10.7. The molecule has 2 rings (SSSR count). The van der Waals surface area contributed by atoms with Gasteiger partial charge in [0.15, 0.2) is 0 Å². The van der Waals surface area contributed by atoms with Gasteiger partial charge in [0.05, 0.1) is 11.6 Å². The van der Waals surface area contributed by atoms with Crippen molar-refractivity contribution < 1.29 is 9.47 Å². The van der Waals surface area contributed by atoms with Gasteiger partial charge in [0.25, 0.3) is 0 Å². The molecule has 0 spiro atoms. The van der Waals surface area contributed by atoms with Crippen LogP contribution in [0.25, 0.3) is 0 Å². The van der Waals surface area contributed by atoms with Crippen LogP contribution in [0, 0.1) is 0 Å². The first kappa shape index (κ1) is 10.4. The summed E-state index contributed by atoms with van der Waals surface area (Å²) >= 11 is 4.83. The molecule has 1 unspecified atom stereocenters. The van der Waals surface area contributed by atoms with E-state index in [4.69, 9.17) is 27.4 Å². The molecule has 1 aromatic rings. The maximum absolute atomic E-state index is 5.50. The van der Waals surface area contributed by atoms with E-state index >= 15 is 0 Å². The summed E-state index contributed by atoms with van der Waals surface area (Å²) in [6.07, 6.45) is 0.933. The fourth-order valence-electron chi connectivity index (χ4n) is 1.26. The fourth-order valence-corrected chi connectivity index (χ4v) is 1.42. The quantitative estimate of drug-likeness (QED) is 0.603. The lowest BCUT2D eigenvalue weighted by atomic mass is 10.1. The van der Waals surface area contributed by atoms with E-state index in [9.17, 15) is 0 Å².